The fraction of sp³-hybridized carbons (Fsp3) is 0.471. The van der Waals surface area contributed by atoms with E-state index in [1.54, 1.807) is 0 Å². The van der Waals surface area contributed by atoms with Crippen molar-refractivity contribution in [1.82, 2.24) is 10.3 Å². The number of para-hydroxylation sites is 1. The molecule has 0 atom stereocenters. The zero-order chi connectivity index (χ0) is 14.0. The Kier molecular flexibility index (Phi) is 3.95. The standard InChI is InChI=1S/C17H21ClN2/c1-13-10-14(15-6-2-3-7-16(15)20-13)11-19-17(12-18)8-4-5-9-17/h2-3,6-7,10,19H,4-5,8-9,11-12H2,1H3. The summed E-state index contributed by atoms with van der Waals surface area (Å²) < 4.78 is 0. The number of halogens is 1. The molecule has 3 rings (SSSR count). The van der Waals surface area contributed by atoms with E-state index in [0.29, 0.717) is 5.88 Å². The lowest BCUT2D eigenvalue weighted by atomic mass is 9.99. The van der Waals surface area contributed by atoms with Gasteiger partial charge in [-0.15, -0.1) is 11.6 Å². The number of aryl methyl sites for hydroxylation is 1. The van der Waals surface area contributed by atoms with Crippen molar-refractivity contribution in [2.75, 3.05) is 5.88 Å². The molecule has 1 aliphatic rings. The van der Waals surface area contributed by atoms with Crippen molar-refractivity contribution in [1.29, 1.82) is 0 Å². The maximum atomic E-state index is 6.21. The summed E-state index contributed by atoms with van der Waals surface area (Å²) >= 11 is 6.21. The van der Waals surface area contributed by atoms with Crippen LogP contribution in [0.1, 0.15) is 36.9 Å². The molecule has 0 aliphatic heterocycles. The third-order valence-electron chi connectivity index (χ3n) is 4.40. The van der Waals surface area contributed by atoms with Crippen molar-refractivity contribution in [2.24, 2.45) is 0 Å². The predicted molar refractivity (Wildman–Crippen MR) is 85.2 cm³/mol. The van der Waals surface area contributed by atoms with Gasteiger partial charge < -0.3 is 5.32 Å². The molecule has 1 aromatic heterocycles. The van der Waals surface area contributed by atoms with E-state index in [4.69, 9.17) is 11.6 Å². The minimum Gasteiger partial charge on any atom is -0.306 e. The number of alkyl halides is 1. The monoisotopic (exact) mass is 288 g/mol. The molecule has 106 valence electrons. The third-order valence-corrected chi connectivity index (χ3v) is 4.91. The summed E-state index contributed by atoms with van der Waals surface area (Å²) in [7, 11) is 0. The molecule has 0 amide bonds. The Balaban J connectivity index is 1.87. The number of hydrogen-bond donors (Lipinski definition) is 1. The molecule has 0 bridgehead atoms. The first-order valence-corrected chi connectivity index (χ1v) is 7.92. The van der Waals surface area contributed by atoms with Gasteiger partial charge in [0.15, 0.2) is 0 Å². The Morgan fingerprint density at radius 1 is 1.25 bits per heavy atom. The first-order chi connectivity index (χ1) is 9.72. The van der Waals surface area contributed by atoms with Crippen LogP contribution < -0.4 is 5.32 Å². The topological polar surface area (TPSA) is 24.9 Å². The van der Waals surface area contributed by atoms with E-state index in [0.717, 1.165) is 17.8 Å². The lowest BCUT2D eigenvalue weighted by Crippen LogP contribution is -2.43. The highest BCUT2D eigenvalue weighted by molar-refractivity contribution is 6.18. The largest absolute Gasteiger partial charge is 0.306 e. The summed E-state index contributed by atoms with van der Waals surface area (Å²) in [6.45, 7) is 2.93. The molecule has 0 radical (unpaired) electrons. The molecule has 1 aliphatic carbocycles. The predicted octanol–water partition coefficient (Wildman–Crippen LogP) is 4.18. The van der Waals surface area contributed by atoms with Crippen LogP contribution >= 0.6 is 11.6 Å². The summed E-state index contributed by atoms with van der Waals surface area (Å²) in [4.78, 5) is 4.60. The number of pyridine rings is 1. The third kappa shape index (κ3) is 2.68. The molecule has 3 heteroatoms. The SMILES string of the molecule is Cc1cc(CNC2(CCl)CCCC2)c2ccccc2n1. The second kappa shape index (κ2) is 5.71. The average molecular weight is 289 g/mol. The Labute approximate surface area is 125 Å². The summed E-state index contributed by atoms with van der Waals surface area (Å²) in [6.07, 6.45) is 4.96. The maximum absolute atomic E-state index is 6.21. The van der Waals surface area contributed by atoms with E-state index in [1.165, 1.54) is 36.6 Å². The molecule has 0 unspecified atom stereocenters. The first-order valence-electron chi connectivity index (χ1n) is 7.39. The van der Waals surface area contributed by atoms with Crippen LogP contribution in [0.15, 0.2) is 30.3 Å². The molecule has 2 nitrogen and oxygen atoms in total. The summed E-state index contributed by atoms with van der Waals surface area (Å²) in [5.74, 6) is 0.703. The van der Waals surface area contributed by atoms with Crippen molar-refractivity contribution in [3.05, 3.63) is 41.6 Å². The lowest BCUT2D eigenvalue weighted by Gasteiger charge is -2.28. The van der Waals surface area contributed by atoms with Gasteiger partial charge >= 0.3 is 0 Å². The Bertz CT molecular complexity index is 603. The molecule has 1 aromatic carbocycles. The van der Waals surface area contributed by atoms with Gasteiger partial charge in [0.25, 0.3) is 0 Å². The van der Waals surface area contributed by atoms with Gasteiger partial charge in [-0.2, -0.15) is 0 Å². The molecule has 2 aromatic rings. The fourth-order valence-corrected chi connectivity index (χ4v) is 3.60. The smallest absolute Gasteiger partial charge is 0.0708 e. The average Bonchev–Trinajstić information content (AvgIpc) is 2.94. The van der Waals surface area contributed by atoms with Crippen molar-refractivity contribution in [2.45, 2.75) is 44.7 Å². The van der Waals surface area contributed by atoms with E-state index < -0.39 is 0 Å². The van der Waals surface area contributed by atoms with Crippen LogP contribution in [0.2, 0.25) is 0 Å². The summed E-state index contributed by atoms with van der Waals surface area (Å²) in [6, 6.07) is 10.5. The molecule has 1 heterocycles. The number of rotatable bonds is 4. The molecule has 1 saturated carbocycles. The van der Waals surface area contributed by atoms with E-state index >= 15 is 0 Å². The van der Waals surface area contributed by atoms with Gasteiger partial charge in [0, 0.05) is 29.0 Å². The van der Waals surface area contributed by atoms with E-state index in [9.17, 15) is 0 Å². The van der Waals surface area contributed by atoms with Crippen molar-refractivity contribution >= 4 is 22.5 Å². The van der Waals surface area contributed by atoms with E-state index in [1.807, 2.05) is 6.07 Å². The molecular formula is C17H21ClN2. The highest BCUT2D eigenvalue weighted by Gasteiger charge is 2.32. The van der Waals surface area contributed by atoms with Crippen LogP contribution in [0.4, 0.5) is 0 Å². The zero-order valence-corrected chi connectivity index (χ0v) is 12.7. The van der Waals surface area contributed by atoms with Crippen LogP contribution in [-0.2, 0) is 6.54 Å². The molecule has 0 spiro atoms. The molecular weight excluding hydrogens is 268 g/mol. The normalized spacial score (nSPS) is 17.7. The molecule has 1 N–H and O–H groups in total. The number of nitrogens with one attached hydrogen (secondary N) is 1. The Morgan fingerprint density at radius 3 is 2.75 bits per heavy atom. The van der Waals surface area contributed by atoms with Gasteiger partial charge in [0.2, 0.25) is 0 Å². The zero-order valence-electron chi connectivity index (χ0n) is 12.0. The van der Waals surface area contributed by atoms with Gasteiger partial charge in [-0.25, -0.2) is 0 Å². The van der Waals surface area contributed by atoms with E-state index in [2.05, 4.69) is 41.5 Å². The van der Waals surface area contributed by atoms with Gasteiger partial charge in [-0.05, 0) is 37.5 Å². The van der Waals surface area contributed by atoms with Gasteiger partial charge in [0.05, 0.1) is 5.52 Å². The quantitative estimate of drug-likeness (QED) is 0.854. The van der Waals surface area contributed by atoms with Gasteiger partial charge in [0.1, 0.15) is 0 Å². The fourth-order valence-electron chi connectivity index (χ4n) is 3.23. The number of nitrogens with zero attached hydrogens (tertiary/aromatic N) is 1. The highest BCUT2D eigenvalue weighted by Crippen LogP contribution is 2.31. The lowest BCUT2D eigenvalue weighted by molar-refractivity contribution is 0.368. The summed E-state index contributed by atoms with van der Waals surface area (Å²) in [5, 5.41) is 4.96. The van der Waals surface area contributed by atoms with Crippen LogP contribution in [-0.4, -0.2) is 16.4 Å². The Hall–Kier alpha value is -1.12. The number of benzene rings is 1. The Morgan fingerprint density at radius 2 is 2.00 bits per heavy atom. The minimum absolute atomic E-state index is 0.139. The number of fused-ring (bicyclic) bond motifs is 1. The van der Waals surface area contributed by atoms with E-state index in [-0.39, 0.29) is 5.54 Å². The van der Waals surface area contributed by atoms with Crippen molar-refractivity contribution in [3.63, 3.8) is 0 Å². The maximum Gasteiger partial charge on any atom is 0.0708 e. The van der Waals surface area contributed by atoms with Crippen LogP contribution in [0.25, 0.3) is 10.9 Å². The summed E-state index contributed by atoms with van der Waals surface area (Å²) in [5.41, 5.74) is 3.62. The second-order valence-corrected chi connectivity index (χ2v) is 6.18. The van der Waals surface area contributed by atoms with Crippen LogP contribution in [0.3, 0.4) is 0 Å². The molecule has 0 saturated heterocycles. The van der Waals surface area contributed by atoms with Gasteiger partial charge in [-0.1, -0.05) is 31.0 Å². The number of aromatic nitrogens is 1. The minimum atomic E-state index is 0.139. The number of hydrogen-bond acceptors (Lipinski definition) is 2. The highest BCUT2D eigenvalue weighted by atomic mass is 35.5. The molecule has 1 fully saturated rings. The van der Waals surface area contributed by atoms with Crippen molar-refractivity contribution in [3.8, 4) is 0 Å². The van der Waals surface area contributed by atoms with Crippen molar-refractivity contribution < 1.29 is 0 Å². The van der Waals surface area contributed by atoms with Crippen LogP contribution in [0.5, 0.6) is 0 Å². The van der Waals surface area contributed by atoms with Gasteiger partial charge in [-0.3, -0.25) is 4.98 Å². The van der Waals surface area contributed by atoms with Crippen LogP contribution in [0, 0.1) is 6.92 Å². The first kappa shape index (κ1) is 13.8. The second-order valence-electron chi connectivity index (χ2n) is 5.91. The molecule has 20 heavy (non-hydrogen) atoms.